The average molecular weight is 290 g/mol. The van der Waals surface area contributed by atoms with Crippen LogP contribution in [0.25, 0.3) is 0 Å². The van der Waals surface area contributed by atoms with Crippen LogP contribution in [0.4, 0.5) is 0 Å². The number of carbonyl (C=O) groups is 1. The number of nitrogens with zero attached hydrogens (tertiary/aromatic N) is 2. The highest BCUT2D eigenvalue weighted by atomic mass is 32.1. The van der Waals surface area contributed by atoms with Crippen molar-refractivity contribution in [2.75, 3.05) is 0 Å². The predicted octanol–water partition coefficient (Wildman–Crippen LogP) is 2.84. The van der Waals surface area contributed by atoms with Crippen LogP contribution in [0.15, 0.2) is 11.4 Å². The molecule has 1 N–H and O–H groups in total. The second kappa shape index (κ2) is 5.55. The van der Waals surface area contributed by atoms with E-state index in [1.54, 1.807) is 11.3 Å². The van der Waals surface area contributed by atoms with Gasteiger partial charge < -0.3 is 5.11 Å². The van der Waals surface area contributed by atoms with E-state index in [0.717, 1.165) is 17.7 Å². The van der Waals surface area contributed by atoms with E-state index in [9.17, 15) is 9.90 Å². The van der Waals surface area contributed by atoms with Gasteiger partial charge in [0.05, 0.1) is 5.56 Å². The van der Waals surface area contributed by atoms with Crippen LogP contribution in [-0.2, 0) is 11.3 Å². The number of thiophene rings is 1. The van der Waals surface area contributed by atoms with Crippen molar-refractivity contribution in [2.24, 2.45) is 5.92 Å². The van der Waals surface area contributed by atoms with Crippen LogP contribution in [0.1, 0.15) is 42.5 Å². The van der Waals surface area contributed by atoms with Gasteiger partial charge in [0.2, 0.25) is 0 Å². The fraction of sp³-hybridized carbons (Fsp3) is 0.600. The minimum Gasteiger partial charge on any atom is -0.480 e. The Morgan fingerprint density at radius 1 is 1.50 bits per heavy atom. The smallest absolute Gasteiger partial charge is 0.320 e. The highest BCUT2D eigenvalue weighted by Crippen LogP contribution is 2.40. The minimum absolute atomic E-state index is 0.351. The van der Waals surface area contributed by atoms with Crippen molar-refractivity contribution < 1.29 is 9.90 Å². The second-order valence-corrected chi connectivity index (χ2v) is 6.78. The lowest BCUT2D eigenvalue weighted by atomic mass is 9.85. The molecule has 1 aromatic rings. The van der Waals surface area contributed by atoms with Crippen LogP contribution in [0, 0.1) is 17.2 Å². The third-order valence-electron chi connectivity index (χ3n) is 4.63. The number of likely N-dealkylation sites (tertiary alicyclic amines) is 1. The Morgan fingerprint density at radius 2 is 2.30 bits per heavy atom. The monoisotopic (exact) mass is 290 g/mol. The Labute approximate surface area is 122 Å². The molecular formula is C15H18N2O2S. The molecule has 5 heteroatoms. The Bertz CT molecular complexity index is 548. The zero-order valence-corrected chi connectivity index (χ0v) is 12.1. The van der Waals surface area contributed by atoms with Crippen LogP contribution < -0.4 is 0 Å². The first kappa shape index (κ1) is 13.6. The summed E-state index contributed by atoms with van der Waals surface area (Å²) in [5.74, 6) is -0.156. The van der Waals surface area contributed by atoms with Gasteiger partial charge in [0.25, 0.3) is 0 Å². The van der Waals surface area contributed by atoms with Crippen molar-refractivity contribution in [2.45, 2.75) is 50.7 Å². The Kier molecular flexibility index (Phi) is 3.77. The number of rotatable bonds is 3. The third-order valence-corrected chi connectivity index (χ3v) is 5.55. The maximum absolute atomic E-state index is 11.5. The van der Waals surface area contributed by atoms with E-state index in [-0.39, 0.29) is 6.04 Å². The van der Waals surface area contributed by atoms with E-state index in [4.69, 9.17) is 5.26 Å². The van der Waals surface area contributed by atoms with Crippen LogP contribution >= 0.6 is 11.3 Å². The normalized spacial score (nSPS) is 29.9. The van der Waals surface area contributed by atoms with Crippen molar-refractivity contribution >= 4 is 17.3 Å². The van der Waals surface area contributed by atoms with Gasteiger partial charge in [-0.05, 0) is 31.2 Å². The lowest BCUT2D eigenvalue weighted by Gasteiger charge is -2.32. The Hall–Kier alpha value is -1.38. The first-order valence-corrected chi connectivity index (χ1v) is 8.03. The molecule has 0 radical (unpaired) electrons. The van der Waals surface area contributed by atoms with E-state index in [1.807, 2.05) is 11.4 Å². The molecule has 20 heavy (non-hydrogen) atoms. The Morgan fingerprint density at radius 3 is 3.00 bits per heavy atom. The molecule has 3 rings (SSSR count). The van der Waals surface area contributed by atoms with Gasteiger partial charge in [-0.25, -0.2) is 0 Å². The van der Waals surface area contributed by atoms with E-state index in [1.165, 1.54) is 19.3 Å². The molecular weight excluding hydrogens is 272 g/mol. The van der Waals surface area contributed by atoms with Crippen LogP contribution in [-0.4, -0.2) is 28.1 Å². The molecule has 1 saturated carbocycles. The van der Waals surface area contributed by atoms with E-state index < -0.39 is 5.97 Å². The maximum atomic E-state index is 11.5. The van der Waals surface area contributed by atoms with Gasteiger partial charge in [0, 0.05) is 22.8 Å². The molecule has 4 nitrogen and oxygen atoms in total. The number of carboxylic acids is 1. The Balaban J connectivity index is 1.80. The number of hydrogen-bond donors (Lipinski definition) is 1. The SMILES string of the molecule is N#Cc1csc(CN2C(C(=O)O)CC3CCCCC32)c1. The summed E-state index contributed by atoms with van der Waals surface area (Å²) < 4.78 is 0. The van der Waals surface area contributed by atoms with Gasteiger partial charge in [-0.3, -0.25) is 9.69 Å². The van der Waals surface area contributed by atoms with Crippen molar-refractivity contribution in [1.82, 2.24) is 4.90 Å². The van der Waals surface area contributed by atoms with Gasteiger partial charge in [0.15, 0.2) is 0 Å². The topological polar surface area (TPSA) is 64.3 Å². The molecule has 106 valence electrons. The molecule has 1 aliphatic heterocycles. The molecule has 0 bridgehead atoms. The minimum atomic E-state index is -0.698. The van der Waals surface area contributed by atoms with Gasteiger partial charge in [-0.15, -0.1) is 11.3 Å². The zero-order chi connectivity index (χ0) is 14.1. The molecule has 0 amide bonds. The fourth-order valence-corrected chi connectivity index (χ4v) is 4.54. The van der Waals surface area contributed by atoms with Crippen LogP contribution in [0.5, 0.6) is 0 Å². The number of aliphatic carboxylic acids is 1. The lowest BCUT2D eigenvalue weighted by Crippen LogP contribution is -2.41. The molecule has 1 aromatic heterocycles. The number of carboxylic acid groups (broad SMARTS) is 1. The van der Waals surface area contributed by atoms with Gasteiger partial charge in [0.1, 0.15) is 12.1 Å². The van der Waals surface area contributed by atoms with Gasteiger partial charge in [-0.2, -0.15) is 5.26 Å². The summed E-state index contributed by atoms with van der Waals surface area (Å²) in [6.45, 7) is 0.671. The summed E-state index contributed by atoms with van der Waals surface area (Å²) in [6, 6.07) is 4.09. The molecule has 0 spiro atoms. The molecule has 1 saturated heterocycles. The van der Waals surface area contributed by atoms with Crippen molar-refractivity contribution in [1.29, 1.82) is 5.26 Å². The highest BCUT2D eigenvalue weighted by molar-refractivity contribution is 7.10. The number of fused-ring (bicyclic) bond motifs is 1. The molecule has 2 fully saturated rings. The maximum Gasteiger partial charge on any atom is 0.320 e. The van der Waals surface area contributed by atoms with E-state index in [0.29, 0.717) is 24.1 Å². The first-order valence-electron chi connectivity index (χ1n) is 7.15. The van der Waals surface area contributed by atoms with E-state index >= 15 is 0 Å². The first-order chi connectivity index (χ1) is 9.69. The van der Waals surface area contributed by atoms with Crippen LogP contribution in [0.2, 0.25) is 0 Å². The van der Waals surface area contributed by atoms with Crippen molar-refractivity contribution in [3.63, 3.8) is 0 Å². The molecule has 0 aromatic carbocycles. The number of hydrogen-bond acceptors (Lipinski definition) is 4. The van der Waals surface area contributed by atoms with Gasteiger partial charge in [-0.1, -0.05) is 12.8 Å². The second-order valence-electron chi connectivity index (χ2n) is 5.79. The highest BCUT2D eigenvalue weighted by Gasteiger charge is 2.45. The van der Waals surface area contributed by atoms with Crippen LogP contribution in [0.3, 0.4) is 0 Å². The quantitative estimate of drug-likeness (QED) is 0.929. The molecule has 3 unspecified atom stereocenters. The summed E-state index contributed by atoms with van der Waals surface area (Å²) in [5.41, 5.74) is 0.677. The van der Waals surface area contributed by atoms with Crippen molar-refractivity contribution in [3.8, 4) is 6.07 Å². The predicted molar refractivity (Wildman–Crippen MR) is 76.4 cm³/mol. The number of nitriles is 1. The average Bonchev–Trinajstić information content (AvgIpc) is 3.04. The fourth-order valence-electron chi connectivity index (χ4n) is 3.73. The molecule has 3 atom stereocenters. The van der Waals surface area contributed by atoms with Gasteiger partial charge >= 0.3 is 5.97 Å². The summed E-state index contributed by atoms with van der Waals surface area (Å²) in [4.78, 5) is 14.8. The summed E-state index contributed by atoms with van der Waals surface area (Å²) in [5, 5.41) is 20.2. The van der Waals surface area contributed by atoms with Crippen molar-refractivity contribution in [3.05, 3.63) is 21.9 Å². The standard InChI is InChI=1S/C15H18N2O2S/c16-7-10-5-12(20-9-10)8-17-13-4-2-1-3-11(13)6-14(17)15(18)19/h5,9,11,13-14H,1-4,6,8H2,(H,18,19). The lowest BCUT2D eigenvalue weighted by molar-refractivity contribution is -0.142. The summed E-state index contributed by atoms with van der Waals surface area (Å²) in [6.07, 6.45) is 5.51. The zero-order valence-electron chi connectivity index (χ0n) is 11.3. The molecule has 2 aliphatic rings. The molecule has 2 heterocycles. The summed E-state index contributed by atoms with van der Waals surface area (Å²) in [7, 11) is 0. The third kappa shape index (κ3) is 2.46. The summed E-state index contributed by atoms with van der Waals surface area (Å²) >= 11 is 1.56. The van der Waals surface area contributed by atoms with E-state index in [2.05, 4.69) is 11.0 Å². The largest absolute Gasteiger partial charge is 0.480 e. The molecule has 1 aliphatic carbocycles.